The Hall–Kier alpha value is -1.92. The quantitative estimate of drug-likeness (QED) is 0.275. The molecular weight excluding hydrogens is 462 g/mol. The molecule has 1 unspecified atom stereocenters. The SMILES string of the molecule is CC(C)(C)c1ccc(OC(=O)/C(Br)=C/N=S(C)(=O)c2ccccc2)c(C(C)(C)C)c1. The molecule has 6 heteroatoms. The predicted octanol–water partition coefficient (Wildman–Crippen LogP) is 6.58. The smallest absolute Gasteiger partial charge is 0.352 e. The van der Waals surface area contributed by atoms with Gasteiger partial charge in [0.25, 0.3) is 0 Å². The van der Waals surface area contributed by atoms with Crippen molar-refractivity contribution in [3.05, 3.63) is 70.3 Å². The van der Waals surface area contributed by atoms with E-state index in [9.17, 15) is 9.00 Å². The Morgan fingerprint density at radius 1 is 1.00 bits per heavy atom. The second kappa shape index (κ2) is 9.06. The Morgan fingerprint density at radius 3 is 2.13 bits per heavy atom. The zero-order valence-corrected chi connectivity index (χ0v) is 21.1. The van der Waals surface area contributed by atoms with Gasteiger partial charge in [-0.2, -0.15) is 0 Å². The van der Waals surface area contributed by atoms with Gasteiger partial charge in [-0.05, 0) is 50.5 Å². The van der Waals surface area contributed by atoms with Gasteiger partial charge in [0.2, 0.25) is 0 Å². The summed E-state index contributed by atoms with van der Waals surface area (Å²) in [6.07, 6.45) is 2.80. The molecule has 0 aliphatic heterocycles. The lowest BCUT2D eigenvalue weighted by molar-refractivity contribution is -0.129. The standard InChI is InChI=1S/C24H30BrNO3S/c1-23(2,3)17-13-14-21(19(15-17)24(4,5)6)29-22(27)20(25)16-26-30(7,28)18-11-9-8-10-12-18/h8-16H,1-7H3/b20-16-. The van der Waals surface area contributed by atoms with Gasteiger partial charge in [0.05, 0.1) is 15.9 Å². The Morgan fingerprint density at radius 2 is 1.60 bits per heavy atom. The lowest BCUT2D eigenvalue weighted by Gasteiger charge is -2.26. The van der Waals surface area contributed by atoms with Crippen molar-refractivity contribution in [3.63, 3.8) is 0 Å². The van der Waals surface area contributed by atoms with E-state index in [0.717, 1.165) is 5.56 Å². The number of halogens is 1. The Labute approximate surface area is 189 Å². The average Bonchev–Trinajstić information content (AvgIpc) is 2.65. The predicted molar refractivity (Wildman–Crippen MR) is 128 cm³/mol. The maximum absolute atomic E-state index is 12.8. The molecule has 2 rings (SSSR count). The fraction of sp³-hybridized carbons (Fsp3) is 0.375. The lowest BCUT2D eigenvalue weighted by Crippen LogP contribution is -2.19. The first kappa shape index (κ1) is 24.4. The summed E-state index contributed by atoms with van der Waals surface area (Å²) in [5.74, 6) is -0.0813. The molecule has 0 heterocycles. The normalized spacial score (nSPS) is 14.7. The zero-order chi connectivity index (χ0) is 22.7. The molecule has 1 atom stereocenters. The van der Waals surface area contributed by atoms with E-state index >= 15 is 0 Å². The molecule has 0 fully saturated rings. The third kappa shape index (κ3) is 6.29. The summed E-state index contributed by atoms with van der Waals surface area (Å²) in [7, 11) is -2.65. The molecule has 0 bridgehead atoms. The molecule has 0 saturated carbocycles. The number of rotatable bonds is 4. The molecule has 162 valence electrons. The maximum atomic E-state index is 12.8. The Balaban J connectivity index is 2.34. The molecule has 0 aromatic heterocycles. The van der Waals surface area contributed by atoms with Gasteiger partial charge in [0.15, 0.2) is 0 Å². The summed E-state index contributed by atoms with van der Waals surface area (Å²) in [4.78, 5) is 13.2. The van der Waals surface area contributed by atoms with Crippen LogP contribution in [0.5, 0.6) is 5.75 Å². The fourth-order valence-electron chi connectivity index (χ4n) is 2.75. The van der Waals surface area contributed by atoms with Crippen LogP contribution in [0.1, 0.15) is 52.7 Å². The third-order valence-electron chi connectivity index (χ3n) is 4.60. The Bertz CT molecular complexity index is 1070. The second-order valence-electron chi connectivity index (χ2n) is 9.30. The number of hydrogen-bond acceptors (Lipinski definition) is 4. The first-order valence-corrected chi connectivity index (χ1v) is 12.4. The monoisotopic (exact) mass is 491 g/mol. The highest BCUT2D eigenvalue weighted by Gasteiger charge is 2.24. The van der Waals surface area contributed by atoms with Crippen molar-refractivity contribution in [1.29, 1.82) is 0 Å². The highest BCUT2D eigenvalue weighted by molar-refractivity contribution is 9.12. The molecule has 0 aliphatic carbocycles. The van der Waals surface area contributed by atoms with Gasteiger partial charge in [0.1, 0.15) is 10.2 Å². The maximum Gasteiger partial charge on any atom is 0.352 e. The number of hydrogen-bond donors (Lipinski definition) is 0. The van der Waals surface area contributed by atoms with Crippen LogP contribution < -0.4 is 4.74 Å². The summed E-state index contributed by atoms with van der Waals surface area (Å²) in [5.41, 5.74) is 1.90. The number of esters is 1. The van der Waals surface area contributed by atoms with Crippen LogP contribution in [-0.4, -0.2) is 16.4 Å². The largest absolute Gasteiger partial charge is 0.422 e. The van der Waals surface area contributed by atoms with E-state index in [-0.39, 0.29) is 15.3 Å². The number of nitrogens with zero attached hydrogens (tertiary/aromatic N) is 1. The van der Waals surface area contributed by atoms with Crippen molar-refractivity contribution in [2.24, 2.45) is 4.36 Å². The number of ether oxygens (including phenoxy) is 1. The van der Waals surface area contributed by atoms with Gasteiger partial charge >= 0.3 is 5.97 Å². The molecule has 2 aromatic rings. The van der Waals surface area contributed by atoms with Gasteiger partial charge in [-0.1, -0.05) is 71.9 Å². The number of carbonyl (C=O) groups excluding carboxylic acids is 1. The van der Waals surface area contributed by atoms with Gasteiger partial charge in [-0.15, -0.1) is 0 Å². The van der Waals surface area contributed by atoms with Crippen LogP contribution in [0.3, 0.4) is 0 Å². The van der Waals surface area contributed by atoms with Gasteiger partial charge < -0.3 is 4.74 Å². The van der Waals surface area contributed by atoms with Crippen LogP contribution in [0, 0.1) is 0 Å². The van der Waals surface area contributed by atoms with E-state index in [0.29, 0.717) is 10.6 Å². The van der Waals surface area contributed by atoms with E-state index in [1.165, 1.54) is 18.0 Å². The summed E-state index contributed by atoms with van der Waals surface area (Å²) in [5, 5.41) is 0. The van der Waals surface area contributed by atoms with Crippen molar-refractivity contribution in [2.75, 3.05) is 6.26 Å². The summed E-state index contributed by atoms with van der Waals surface area (Å²) < 4.78 is 22.7. The molecule has 0 radical (unpaired) electrons. The van der Waals surface area contributed by atoms with Crippen LogP contribution in [0.25, 0.3) is 0 Å². The van der Waals surface area contributed by atoms with Crippen LogP contribution in [0.4, 0.5) is 0 Å². The molecule has 4 nitrogen and oxygen atoms in total. The molecule has 0 spiro atoms. The summed E-state index contributed by atoms with van der Waals surface area (Å²) in [6.45, 7) is 12.7. The van der Waals surface area contributed by atoms with Crippen molar-refractivity contribution < 1.29 is 13.7 Å². The second-order valence-corrected chi connectivity index (χ2v) is 12.4. The van der Waals surface area contributed by atoms with Crippen molar-refractivity contribution in [3.8, 4) is 5.75 Å². The minimum atomic E-state index is -2.65. The number of carbonyl (C=O) groups is 1. The average molecular weight is 492 g/mol. The highest BCUT2D eigenvalue weighted by Crippen LogP contribution is 2.36. The van der Waals surface area contributed by atoms with Gasteiger partial charge in [-0.25, -0.2) is 13.4 Å². The van der Waals surface area contributed by atoms with Crippen molar-refractivity contribution in [1.82, 2.24) is 0 Å². The molecule has 0 amide bonds. The van der Waals surface area contributed by atoms with E-state index in [4.69, 9.17) is 4.74 Å². The van der Waals surface area contributed by atoms with Crippen LogP contribution in [0.15, 0.2) is 68.5 Å². The molecule has 30 heavy (non-hydrogen) atoms. The first-order chi connectivity index (χ1) is 13.7. The van der Waals surface area contributed by atoms with Crippen LogP contribution in [0.2, 0.25) is 0 Å². The summed E-state index contributed by atoms with van der Waals surface area (Å²) in [6, 6.07) is 14.9. The van der Waals surface area contributed by atoms with E-state index in [1.54, 1.807) is 24.3 Å². The molecule has 2 aromatic carbocycles. The van der Waals surface area contributed by atoms with E-state index in [2.05, 4.69) is 67.9 Å². The molecule has 0 saturated heterocycles. The van der Waals surface area contributed by atoms with Crippen LogP contribution >= 0.6 is 15.9 Å². The third-order valence-corrected chi connectivity index (χ3v) is 6.78. The highest BCUT2D eigenvalue weighted by atomic mass is 79.9. The van der Waals surface area contributed by atoms with Crippen molar-refractivity contribution >= 4 is 31.6 Å². The summed E-state index contributed by atoms with van der Waals surface area (Å²) >= 11 is 3.21. The van der Waals surface area contributed by atoms with E-state index < -0.39 is 15.7 Å². The molecule has 0 aliphatic rings. The molecular formula is C24H30BrNO3S. The lowest BCUT2D eigenvalue weighted by atomic mass is 9.80. The topological polar surface area (TPSA) is 55.7 Å². The minimum Gasteiger partial charge on any atom is -0.422 e. The number of benzene rings is 2. The first-order valence-electron chi connectivity index (χ1n) is 9.71. The van der Waals surface area contributed by atoms with Gasteiger partial charge in [-0.3, -0.25) is 0 Å². The zero-order valence-electron chi connectivity index (χ0n) is 18.7. The van der Waals surface area contributed by atoms with Crippen molar-refractivity contribution in [2.45, 2.75) is 57.3 Å². The fourth-order valence-corrected chi connectivity index (χ4v) is 4.16. The van der Waals surface area contributed by atoms with E-state index in [1.807, 2.05) is 18.2 Å². The van der Waals surface area contributed by atoms with Gasteiger partial charge in [0, 0.05) is 16.7 Å². The van der Waals surface area contributed by atoms with Crippen LogP contribution in [-0.2, 0) is 25.4 Å². The minimum absolute atomic E-state index is 0.0132. The Kier molecular flexibility index (Phi) is 7.36. The molecule has 0 N–H and O–H groups in total.